The van der Waals surface area contributed by atoms with Gasteiger partial charge in [0.15, 0.2) is 5.78 Å². The van der Waals surface area contributed by atoms with Crippen LogP contribution in [0.4, 0.5) is 24.5 Å². The highest BCUT2D eigenvalue weighted by atomic mass is 19.4. The van der Waals surface area contributed by atoms with Crippen molar-refractivity contribution in [1.29, 1.82) is 0 Å². The zero-order valence-electron chi connectivity index (χ0n) is 20.9. The summed E-state index contributed by atoms with van der Waals surface area (Å²) in [4.78, 5) is 28.1. The number of halogens is 3. The van der Waals surface area contributed by atoms with E-state index in [1.54, 1.807) is 33.9 Å². The summed E-state index contributed by atoms with van der Waals surface area (Å²) in [5, 5.41) is 2.75. The lowest BCUT2D eigenvalue weighted by atomic mass is 9.92. The Kier molecular flexibility index (Phi) is 7.05. The van der Waals surface area contributed by atoms with E-state index in [1.807, 2.05) is 6.07 Å². The molecule has 0 radical (unpaired) electrons. The summed E-state index contributed by atoms with van der Waals surface area (Å²) in [6, 6.07) is 6.94. The number of hydrogen-bond acceptors (Lipinski definition) is 5. The molecule has 1 saturated heterocycles. The molecule has 194 valence electrons. The van der Waals surface area contributed by atoms with Gasteiger partial charge in [-0.15, -0.1) is 0 Å². The first kappa shape index (κ1) is 26.0. The third-order valence-corrected chi connectivity index (χ3v) is 6.69. The van der Waals surface area contributed by atoms with Gasteiger partial charge in [0.1, 0.15) is 5.75 Å². The second kappa shape index (κ2) is 9.76. The zero-order chi connectivity index (χ0) is 26.3. The molecule has 0 spiro atoms. The number of alkyl halides is 3. The molecule has 0 aromatic heterocycles. The van der Waals surface area contributed by atoms with Crippen LogP contribution in [0.2, 0.25) is 0 Å². The number of amides is 1. The Morgan fingerprint density at radius 3 is 2.44 bits per heavy atom. The van der Waals surface area contributed by atoms with Crippen LogP contribution in [0.15, 0.2) is 30.3 Å². The molecule has 1 fully saturated rings. The molecular formula is C27H31F3N2O4. The topological polar surface area (TPSA) is 67.9 Å². The third-order valence-electron chi connectivity index (χ3n) is 6.69. The van der Waals surface area contributed by atoms with E-state index < -0.39 is 23.1 Å². The largest absolute Gasteiger partial charge is 0.495 e. The van der Waals surface area contributed by atoms with E-state index in [4.69, 9.17) is 9.47 Å². The van der Waals surface area contributed by atoms with Crippen LogP contribution < -0.4 is 15.0 Å². The number of ether oxygens (including phenoxy) is 2. The fourth-order valence-corrected chi connectivity index (χ4v) is 4.60. The lowest BCUT2D eigenvalue weighted by Gasteiger charge is -2.30. The fraction of sp³-hybridized carbons (Fsp3) is 0.481. The third kappa shape index (κ3) is 5.36. The smallest absolute Gasteiger partial charge is 0.416 e. The molecule has 6 nitrogen and oxygen atoms in total. The molecule has 1 N–H and O–H groups in total. The fourth-order valence-electron chi connectivity index (χ4n) is 4.60. The maximum Gasteiger partial charge on any atom is 0.416 e. The Hall–Kier alpha value is -3.07. The van der Waals surface area contributed by atoms with Crippen LogP contribution in [0.1, 0.15) is 47.8 Å². The van der Waals surface area contributed by atoms with Gasteiger partial charge in [-0.2, -0.15) is 13.2 Å². The average Bonchev–Trinajstić information content (AvgIpc) is 3.12. The lowest BCUT2D eigenvalue weighted by molar-refractivity contribution is -0.137. The van der Waals surface area contributed by atoms with E-state index in [1.165, 1.54) is 6.07 Å². The monoisotopic (exact) mass is 504 g/mol. The summed E-state index contributed by atoms with van der Waals surface area (Å²) in [5.41, 5.74) is 1.29. The molecule has 0 bridgehead atoms. The highest BCUT2D eigenvalue weighted by molar-refractivity contribution is 6.03. The van der Waals surface area contributed by atoms with E-state index >= 15 is 0 Å². The van der Waals surface area contributed by atoms with Gasteiger partial charge in [-0.1, -0.05) is 20.8 Å². The molecule has 1 aliphatic carbocycles. The van der Waals surface area contributed by atoms with Gasteiger partial charge in [0.05, 0.1) is 31.6 Å². The maximum absolute atomic E-state index is 13.5. The molecule has 2 aromatic carbocycles. The number of carbonyl (C=O) groups is 2. The van der Waals surface area contributed by atoms with Crippen LogP contribution in [0.25, 0.3) is 0 Å². The van der Waals surface area contributed by atoms with Gasteiger partial charge >= 0.3 is 6.18 Å². The predicted octanol–water partition coefficient (Wildman–Crippen LogP) is 5.13. The van der Waals surface area contributed by atoms with Crippen molar-refractivity contribution < 1.29 is 32.2 Å². The first-order valence-electron chi connectivity index (χ1n) is 12.0. The molecule has 1 amide bonds. The Morgan fingerprint density at radius 1 is 1.14 bits per heavy atom. The zero-order valence-corrected chi connectivity index (χ0v) is 20.9. The standard InChI is InChI=1S/C27H31F3N2O4/c1-26(2,3)25(34)31-21-6-5-19(27(28,29)30)13-17(21)12-18-11-16-14-22(32-7-9-36-10-8-32)23(35-4)15-20(16)24(18)33/h5-6,13-15,18H,7-12H2,1-4H3,(H,31,34). The first-order chi connectivity index (χ1) is 16.9. The van der Waals surface area contributed by atoms with Crippen molar-refractivity contribution in [3.63, 3.8) is 0 Å². The number of nitrogens with one attached hydrogen (secondary N) is 1. The molecule has 1 heterocycles. The van der Waals surface area contributed by atoms with Crippen molar-refractivity contribution in [3.8, 4) is 5.75 Å². The van der Waals surface area contributed by atoms with Crippen molar-refractivity contribution in [3.05, 3.63) is 52.6 Å². The van der Waals surface area contributed by atoms with Gasteiger partial charge in [-0.05, 0) is 54.3 Å². The van der Waals surface area contributed by atoms with E-state index in [2.05, 4.69) is 10.2 Å². The van der Waals surface area contributed by atoms with Crippen LogP contribution in [-0.2, 0) is 28.5 Å². The van der Waals surface area contributed by atoms with Crippen LogP contribution in [0.5, 0.6) is 5.75 Å². The molecule has 2 aliphatic rings. The number of rotatable bonds is 5. The second-order valence-electron chi connectivity index (χ2n) is 10.3. The summed E-state index contributed by atoms with van der Waals surface area (Å²) >= 11 is 0. The number of carbonyl (C=O) groups excluding carboxylic acids is 2. The summed E-state index contributed by atoms with van der Waals surface area (Å²) < 4.78 is 51.4. The van der Waals surface area contributed by atoms with Crippen molar-refractivity contribution >= 4 is 23.1 Å². The van der Waals surface area contributed by atoms with E-state index in [0.717, 1.165) is 23.4 Å². The predicted molar refractivity (Wildman–Crippen MR) is 131 cm³/mol. The number of anilines is 2. The Labute approximate surface area is 208 Å². The molecule has 9 heteroatoms. The van der Waals surface area contributed by atoms with Crippen molar-refractivity contribution in [2.24, 2.45) is 11.3 Å². The van der Waals surface area contributed by atoms with Gasteiger partial charge in [-0.3, -0.25) is 9.59 Å². The summed E-state index contributed by atoms with van der Waals surface area (Å²) in [6.07, 6.45) is -4.06. The molecule has 36 heavy (non-hydrogen) atoms. The van der Waals surface area contributed by atoms with Gasteiger partial charge < -0.3 is 19.7 Å². The number of hydrogen-bond donors (Lipinski definition) is 1. The number of Topliss-reactive ketones (excluding diaryl/α,β-unsaturated/α-hetero) is 1. The molecule has 1 atom stereocenters. The summed E-state index contributed by atoms with van der Waals surface area (Å²) in [5.74, 6) is -0.410. The minimum atomic E-state index is -4.54. The van der Waals surface area contributed by atoms with Crippen molar-refractivity contribution in [2.45, 2.75) is 39.8 Å². The van der Waals surface area contributed by atoms with Crippen LogP contribution >= 0.6 is 0 Å². The number of morpholine rings is 1. The summed E-state index contributed by atoms with van der Waals surface area (Å²) in [7, 11) is 1.55. The number of methoxy groups -OCH3 is 1. The maximum atomic E-state index is 13.5. The molecular weight excluding hydrogens is 473 g/mol. The minimum Gasteiger partial charge on any atom is -0.495 e. The molecule has 2 aromatic rings. The van der Waals surface area contributed by atoms with Crippen LogP contribution in [0, 0.1) is 11.3 Å². The van der Waals surface area contributed by atoms with Crippen molar-refractivity contribution in [2.75, 3.05) is 43.6 Å². The highest BCUT2D eigenvalue weighted by Gasteiger charge is 2.35. The Bertz CT molecular complexity index is 1160. The molecule has 1 aliphatic heterocycles. The molecule has 1 unspecified atom stereocenters. The normalized spacial score (nSPS) is 18.2. The number of benzene rings is 2. The first-order valence-corrected chi connectivity index (χ1v) is 12.0. The Balaban J connectivity index is 1.64. The van der Waals surface area contributed by atoms with E-state index in [9.17, 15) is 22.8 Å². The van der Waals surface area contributed by atoms with E-state index in [-0.39, 0.29) is 23.7 Å². The van der Waals surface area contributed by atoms with Gasteiger partial charge in [0.25, 0.3) is 0 Å². The number of fused-ring (bicyclic) bond motifs is 1. The van der Waals surface area contributed by atoms with Gasteiger partial charge in [0.2, 0.25) is 5.91 Å². The Morgan fingerprint density at radius 2 is 1.83 bits per heavy atom. The lowest BCUT2D eigenvalue weighted by Crippen LogP contribution is -2.36. The minimum absolute atomic E-state index is 0.0758. The highest BCUT2D eigenvalue weighted by Crippen LogP contribution is 2.40. The van der Waals surface area contributed by atoms with Crippen LogP contribution in [-0.4, -0.2) is 45.1 Å². The number of ketones is 1. The quantitative estimate of drug-likeness (QED) is 0.611. The van der Waals surface area contributed by atoms with Crippen molar-refractivity contribution in [1.82, 2.24) is 0 Å². The van der Waals surface area contributed by atoms with E-state index in [0.29, 0.717) is 49.7 Å². The van der Waals surface area contributed by atoms with Crippen LogP contribution in [0.3, 0.4) is 0 Å². The molecule has 0 saturated carbocycles. The number of nitrogens with zero attached hydrogens (tertiary/aromatic N) is 1. The summed E-state index contributed by atoms with van der Waals surface area (Å²) in [6.45, 7) is 7.77. The molecule has 4 rings (SSSR count). The average molecular weight is 505 g/mol. The second-order valence-corrected chi connectivity index (χ2v) is 10.3. The van der Waals surface area contributed by atoms with Gasteiger partial charge in [-0.25, -0.2) is 0 Å². The van der Waals surface area contributed by atoms with Gasteiger partial charge in [0, 0.05) is 35.7 Å². The SMILES string of the molecule is COc1cc2c(cc1N1CCOCC1)CC(Cc1cc(C(F)(F)F)ccc1NC(=O)C(C)(C)C)C2=O.